The molecule has 1 aliphatic rings. The second-order valence-corrected chi connectivity index (χ2v) is 7.50. The number of nitrogens with zero attached hydrogens (tertiary/aromatic N) is 1. The fraction of sp³-hybridized carbons (Fsp3) is 0.360. The van der Waals surface area contributed by atoms with Crippen LogP contribution in [-0.4, -0.2) is 16.1 Å². The Morgan fingerprint density at radius 2 is 1.36 bits per heavy atom. The van der Waals surface area contributed by atoms with Gasteiger partial charge in [0.25, 0.3) is 0 Å². The highest BCUT2D eigenvalue weighted by molar-refractivity contribution is 5.94. The van der Waals surface area contributed by atoms with Crippen molar-refractivity contribution in [3.63, 3.8) is 0 Å². The fourth-order valence-corrected chi connectivity index (χ4v) is 3.92. The maximum absolute atomic E-state index is 12.0. The molecule has 0 spiro atoms. The van der Waals surface area contributed by atoms with E-state index in [1.807, 2.05) is 66.9 Å². The Bertz CT molecular complexity index is 810. The second kappa shape index (κ2) is 10.6. The summed E-state index contributed by atoms with van der Waals surface area (Å²) in [6.45, 7) is 0. The Labute approximate surface area is 167 Å². The molecule has 1 aliphatic carbocycles. The van der Waals surface area contributed by atoms with E-state index in [1.165, 1.54) is 38.5 Å². The third kappa shape index (κ3) is 5.66. The van der Waals surface area contributed by atoms with Crippen LogP contribution < -0.4 is 0 Å². The molecule has 0 atom stereocenters. The normalized spacial score (nSPS) is 15.6. The lowest BCUT2D eigenvalue weighted by molar-refractivity contribution is 0.0697. The molecular formula is C25H29NO2. The van der Waals surface area contributed by atoms with E-state index in [-0.39, 0.29) is 0 Å². The molecule has 0 aliphatic heterocycles. The van der Waals surface area contributed by atoms with Crippen molar-refractivity contribution in [1.29, 1.82) is 0 Å². The maximum atomic E-state index is 12.0. The third-order valence-corrected chi connectivity index (χ3v) is 5.46. The Morgan fingerprint density at radius 3 is 1.93 bits per heavy atom. The topological polar surface area (TPSA) is 50.2 Å². The Morgan fingerprint density at radius 1 is 0.821 bits per heavy atom. The summed E-state index contributed by atoms with van der Waals surface area (Å²) in [6, 6.07) is 19.2. The van der Waals surface area contributed by atoms with Crippen LogP contribution in [0.15, 0.2) is 66.9 Å². The lowest BCUT2D eigenvalue weighted by Gasteiger charge is -2.17. The van der Waals surface area contributed by atoms with Crippen molar-refractivity contribution < 1.29 is 9.90 Å². The van der Waals surface area contributed by atoms with Crippen molar-refractivity contribution in [3.8, 4) is 11.3 Å². The monoisotopic (exact) mass is 375 g/mol. The Balaban J connectivity index is 1.99. The van der Waals surface area contributed by atoms with Gasteiger partial charge in [0.1, 0.15) is 0 Å². The van der Waals surface area contributed by atoms with Crippen LogP contribution in [0.1, 0.15) is 73.2 Å². The SMILES string of the molecule is O=C(O)c1cc(C2CCCCCCCC2)cnc1-c1ccccccccc1. The molecule has 0 amide bonds. The lowest BCUT2D eigenvalue weighted by Crippen LogP contribution is -2.06. The summed E-state index contributed by atoms with van der Waals surface area (Å²) in [5.41, 5.74) is 2.69. The van der Waals surface area contributed by atoms with Gasteiger partial charge >= 0.3 is 5.97 Å². The summed E-state index contributed by atoms with van der Waals surface area (Å²) in [6.07, 6.45) is 11.8. The molecule has 146 valence electrons. The molecule has 1 heterocycles. The van der Waals surface area contributed by atoms with Crippen LogP contribution in [0.5, 0.6) is 0 Å². The number of hydrogen-bond acceptors (Lipinski definition) is 2. The van der Waals surface area contributed by atoms with Gasteiger partial charge in [-0.2, -0.15) is 0 Å². The van der Waals surface area contributed by atoms with Gasteiger partial charge in [0.2, 0.25) is 0 Å². The van der Waals surface area contributed by atoms with Gasteiger partial charge in [0.05, 0.1) is 11.3 Å². The molecule has 1 fully saturated rings. The molecule has 1 aromatic carbocycles. The van der Waals surface area contributed by atoms with Crippen LogP contribution in [0, 0.1) is 0 Å². The number of hydrogen-bond donors (Lipinski definition) is 1. The van der Waals surface area contributed by atoms with Gasteiger partial charge in [0.15, 0.2) is 0 Å². The van der Waals surface area contributed by atoms with E-state index in [0.717, 1.165) is 24.0 Å². The number of carbonyl (C=O) groups is 1. The predicted octanol–water partition coefficient (Wildman–Crippen LogP) is 6.79. The Kier molecular flexibility index (Phi) is 7.60. The average Bonchev–Trinajstić information content (AvgIpc) is 2.85. The number of aromatic carboxylic acids is 1. The lowest BCUT2D eigenvalue weighted by atomic mass is 9.89. The quantitative estimate of drug-likeness (QED) is 0.642. The fourth-order valence-electron chi connectivity index (χ4n) is 3.92. The van der Waals surface area contributed by atoms with Crippen molar-refractivity contribution in [3.05, 3.63) is 78.0 Å². The van der Waals surface area contributed by atoms with Crippen molar-refractivity contribution in [2.75, 3.05) is 0 Å². The van der Waals surface area contributed by atoms with E-state index < -0.39 is 5.97 Å². The average molecular weight is 376 g/mol. The molecule has 1 aromatic heterocycles. The number of carboxylic acids is 1. The molecule has 1 N–H and O–H groups in total. The standard InChI is InChI=1S/C25H29NO2/c27-25(28)23-18-22(20-14-10-6-4-5-7-11-15-20)19-26-24(23)21-16-12-8-2-1-3-9-13-17-21/h1-3,8-9,12-13,16-20H,4-7,10-11,14-15H2,(H,27,28). The first kappa shape index (κ1) is 20.1. The number of carboxylic acid groups (broad SMARTS) is 1. The smallest absolute Gasteiger partial charge is 0.337 e. The highest BCUT2D eigenvalue weighted by Crippen LogP contribution is 2.32. The first-order valence-electron chi connectivity index (χ1n) is 10.4. The first-order valence-corrected chi connectivity index (χ1v) is 10.4. The highest BCUT2D eigenvalue weighted by Gasteiger charge is 2.19. The van der Waals surface area contributed by atoms with Crippen LogP contribution in [0.3, 0.4) is 0 Å². The summed E-state index contributed by atoms with van der Waals surface area (Å²) < 4.78 is 0. The number of rotatable bonds is 3. The van der Waals surface area contributed by atoms with E-state index >= 15 is 0 Å². The van der Waals surface area contributed by atoms with Crippen LogP contribution in [0.4, 0.5) is 0 Å². The maximum Gasteiger partial charge on any atom is 0.337 e. The van der Waals surface area contributed by atoms with Crippen molar-refractivity contribution >= 4 is 5.97 Å². The molecule has 3 heteroatoms. The summed E-state index contributed by atoms with van der Waals surface area (Å²) in [7, 11) is 0. The van der Waals surface area contributed by atoms with Crippen molar-refractivity contribution in [2.45, 2.75) is 57.3 Å². The molecule has 0 radical (unpaired) electrons. The van der Waals surface area contributed by atoms with Crippen molar-refractivity contribution in [2.24, 2.45) is 0 Å². The second-order valence-electron chi connectivity index (χ2n) is 7.50. The minimum Gasteiger partial charge on any atom is -0.478 e. The molecule has 28 heavy (non-hydrogen) atoms. The van der Waals surface area contributed by atoms with E-state index in [0.29, 0.717) is 17.2 Å². The summed E-state index contributed by atoms with van der Waals surface area (Å²) in [4.78, 5) is 16.6. The van der Waals surface area contributed by atoms with E-state index in [1.54, 1.807) is 0 Å². The minimum atomic E-state index is -0.918. The predicted molar refractivity (Wildman–Crippen MR) is 114 cm³/mol. The van der Waals surface area contributed by atoms with E-state index in [2.05, 4.69) is 4.98 Å². The molecule has 3 nitrogen and oxygen atoms in total. The van der Waals surface area contributed by atoms with Gasteiger partial charge in [0, 0.05) is 11.8 Å². The largest absolute Gasteiger partial charge is 0.478 e. The summed E-state index contributed by atoms with van der Waals surface area (Å²) in [5.74, 6) is -0.502. The first-order chi connectivity index (χ1) is 13.8. The van der Waals surface area contributed by atoms with Crippen LogP contribution in [0.2, 0.25) is 0 Å². The Hall–Kier alpha value is -2.68. The third-order valence-electron chi connectivity index (χ3n) is 5.46. The number of aromatic nitrogens is 1. The zero-order chi connectivity index (χ0) is 19.6. The minimum absolute atomic E-state index is 0.290. The molecule has 3 rings (SSSR count). The molecule has 0 saturated heterocycles. The zero-order valence-corrected chi connectivity index (χ0v) is 16.4. The highest BCUT2D eigenvalue weighted by atomic mass is 16.4. The summed E-state index contributed by atoms with van der Waals surface area (Å²) in [5, 5.41) is 9.86. The molecule has 1 saturated carbocycles. The van der Waals surface area contributed by atoms with E-state index in [4.69, 9.17) is 0 Å². The van der Waals surface area contributed by atoms with Gasteiger partial charge in [-0.25, -0.2) is 4.79 Å². The summed E-state index contributed by atoms with van der Waals surface area (Å²) >= 11 is 0. The van der Waals surface area contributed by atoms with Crippen LogP contribution in [0.25, 0.3) is 11.3 Å². The van der Waals surface area contributed by atoms with Gasteiger partial charge < -0.3 is 5.11 Å². The van der Waals surface area contributed by atoms with Crippen molar-refractivity contribution in [1.82, 2.24) is 4.98 Å². The van der Waals surface area contributed by atoms with Gasteiger partial charge in [-0.05, 0) is 30.4 Å². The van der Waals surface area contributed by atoms with E-state index in [9.17, 15) is 9.90 Å². The van der Waals surface area contributed by atoms with Gasteiger partial charge in [-0.1, -0.05) is 93.1 Å². The zero-order valence-electron chi connectivity index (χ0n) is 16.4. The molecule has 0 unspecified atom stereocenters. The van der Waals surface area contributed by atoms with Crippen LogP contribution >= 0.6 is 0 Å². The molecular weight excluding hydrogens is 346 g/mol. The molecule has 0 bridgehead atoms. The van der Waals surface area contributed by atoms with Crippen LogP contribution in [-0.2, 0) is 0 Å². The molecule has 2 aromatic rings. The van der Waals surface area contributed by atoms with Gasteiger partial charge in [-0.3, -0.25) is 4.98 Å². The van der Waals surface area contributed by atoms with Gasteiger partial charge in [-0.15, -0.1) is 0 Å². The number of pyridine rings is 1.